The summed E-state index contributed by atoms with van der Waals surface area (Å²) in [4.78, 5) is 14.5. The zero-order chi connectivity index (χ0) is 16.0. The van der Waals surface area contributed by atoms with E-state index in [1.807, 2.05) is 4.90 Å². The molecular formula is C18H20ClFN2O2. The number of amides is 1. The Labute approximate surface area is 146 Å². The maximum atomic E-state index is 13.0. The monoisotopic (exact) mass is 350 g/mol. The first kappa shape index (κ1) is 17.0. The molecule has 0 bridgehead atoms. The Morgan fingerprint density at radius 2 is 1.88 bits per heavy atom. The molecule has 1 amide bonds. The fraction of sp³-hybridized carbons (Fsp3) is 0.389. The van der Waals surface area contributed by atoms with Crippen LogP contribution in [0.5, 0.6) is 0 Å². The first-order chi connectivity index (χ1) is 11.1. The molecule has 6 heteroatoms. The van der Waals surface area contributed by atoms with Crippen LogP contribution in [0.25, 0.3) is 11.3 Å². The minimum Gasteiger partial charge on any atom is -0.451 e. The minimum absolute atomic E-state index is 0. The zero-order valence-corrected chi connectivity index (χ0v) is 14.0. The molecule has 1 saturated carbocycles. The van der Waals surface area contributed by atoms with E-state index in [-0.39, 0.29) is 30.2 Å². The van der Waals surface area contributed by atoms with Crippen molar-refractivity contribution in [2.24, 2.45) is 17.6 Å². The van der Waals surface area contributed by atoms with Crippen LogP contribution in [0.15, 0.2) is 40.8 Å². The van der Waals surface area contributed by atoms with Gasteiger partial charge in [-0.2, -0.15) is 0 Å². The van der Waals surface area contributed by atoms with Crippen LogP contribution >= 0.6 is 12.4 Å². The molecule has 1 aliphatic heterocycles. The minimum atomic E-state index is -0.295. The lowest BCUT2D eigenvalue weighted by Gasteiger charge is -2.17. The fourth-order valence-electron chi connectivity index (χ4n) is 3.85. The Hall–Kier alpha value is -1.85. The van der Waals surface area contributed by atoms with E-state index in [0.717, 1.165) is 31.5 Å². The number of likely N-dealkylation sites (tertiary alicyclic amines) is 1. The van der Waals surface area contributed by atoms with Crippen molar-refractivity contribution in [2.75, 3.05) is 13.1 Å². The van der Waals surface area contributed by atoms with Gasteiger partial charge < -0.3 is 15.1 Å². The Morgan fingerprint density at radius 3 is 2.58 bits per heavy atom. The van der Waals surface area contributed by atoms with E-state index in [4.69, 9.17) is 10.2 Å². The summed E-state index contributed by atoms with van der Waals surface area (Å²) in [5, 5.41) is 0. The summed E-state index contributed by atoms with van der Waals surface area (Å²) in [6.07, 6.45) is 2.17. The van der Waals surface area contributed by atoms with Crippen molar-refractivity contribution >= 4 is 18.3 Å². The van der Waals surface area contributed by atoms with Crippen molar-refractivity contribution in [1.82, 2.24) is 4.90 Å². The molecule has 24 heavy (non-hydrogen) atoms. The standard InChI is InChI=1S/C18H19FN2O2.ClH/c19-13-4-1-11(2-5-13)16-7-8-17(23-16)18(22)21-9-12-3-6-15(20)14(12)10-21;/h1-2,4-5,7-8,12,14-15H,3,6,9-10,20H2;1H. The number of furan rings is 1. The number of hydrogen-bond acceptors (Lipinski definition) is 3. The Kier molecular flexibility index (Phi) is 4.65. The van der Waals surface area contributed by atoms with Gasteiger partial charge in [0.25, 0.3) is 5.91 Å². The summed E-state index contributed by atoms with van der Waals surface area (Å²) in [6.45, 7) is 1.49. The average molecular weight is 351 g/mol. The van der Waals surface area contributed by atoms with E-state index < -0.39 is 0 Å². The predicted molar refractivity (Wildman–Crippen MR) is 91.4 cm³/mol. The molecule has 2 aromatic rings. The van der Waals surface area contributed by atoms with Crippen LogP contribution in [-0.2, 0) is 0 Å². The van der Waals surface area contributed by atoms with Gasteiger partial charge in [-0.1, -0.05) is 0 Å². The number of carbonyl (C=O) groups excluding carboxylic acids is 1. The van der Waals surface area contributed by atoms with Gasteiger partial charge in [-0.3, -0.25) is 4.79 Å². The van der Waals surface area contributed by atoms with Gasteiger partial charge >= 0.3 is 0 Å². The maximum Gasteiger partial charge on any atom is 0.289 e. The van der Waals surface area contributed by atoms with Gasteiger partial charge in [0, 0.05) is 24.7 Å². The van der Waals surface area contributed by atoms with Crippen LogP contribution in [0.2, 0.25) is 0 Å². The number of carbonyl (C=O) groups is 1. The second-order valence-corrected chi connectivity index (χ2v) is 6.55. The molecule has 128 valence electrons. The number of fused-ring (bicyclic) bond motifs is 1. The third kappa shape index (κ3) is 2.94. The molecule has 2 heterocycles. The van der Waals surface area contributed by atoms with Gasteiger partial charge in [0.05, 0.1) is 0 Å². The third-order valence-corrected chi connectivity index (χ3v) is 5.15. The number of benzene rings is 1. The molecule has 1 aromatic heterocycles. The first-order valence-electron chi connectivity index (χ1n) is 8.02. The quantitative estimate of drug-likeness (QED) is 0.903. The van der Waals surface area contributed by atoms with Crippen LogP contribution in [0.4, 0.5) is 4.39 Å². The topological polar surface area (TPSA) is 59.5 Å². The number of halogens is 2. The molecule has 4 nitrogen and oxygen atoms in total. The van der Waals surface area contributed by atoms with Crippen LogP contribution < -0.4 is 5.73 Å². The molecule has 2 fully saturated rings. The van der Waals surface area contributed by atoms with Crippen LogP contribution in [0.3, 0.4) is 0 Å². The summed E-state index contributed by atoms with van der Waals surface area (Å²) >= 11 is 0. The molecule has 1 saturated heterocycles. The summed E-state index contributed by atoms with van der Waals surface area (Å²) in [7, 11) is 0. The van der Waals surface area contributed by atoms with E-state index in [1.54, 1.807) is 24.3 Å². The molecule has 1 aromatic carbocycles. The van der Waals surface area contributed by atoms with Crippen LogP contribution in [-0.4, -0.2) is 29.9 Å². The van der Waals surface area contributed by atoms with Crippen LogP contribution in [0, 0.1) is 17.7 Å². The highest BCUT2D eigenvalue weighted by atomic mass is 35.5. The van der Waals surface area contributed by atoms with E-state index in [1.165, 1.54) is 12.1 Å². The zero-order valence-electron chi connectivity index (χ0n) is 13.2. The van der Waals surface area contributed by atoms with Gasteiger partial charge in [0.1, 0.15) is 11.6 Å². The molecule has 0 radical (unpaired) electrons. The summed E-state index contributed by atoms with van der Waals surface area (Å²) in [5.74, 6) is 1.48. The van der Waals surface area contributed by atoms with Crippen molar-refractivity contribution in [3.8, 4) is 11.3 Å². The average Bonchev–Trinajstić information content (AvgIpc) is 3.25. The molecule has 2 N–H and O–H groups in total. The number of nitrogens with zero attached hydrogens (tertiary/aromatic N) is 1. The predicted octanol–water partition coefficient (Wildman–Crippen LogP) is 3.32. The lowest BCUT2D eigenvalue weighted by molar-refractivity contribution is 0.0749. The molecule has 3 unspecified atom stereocenters. The Bertz CT molecular complexity index is 731. The van der Waals surface area contributed by atoms with Gasteiger partial charge in [-0.05, 0) is 61.1 Å². The summed E-state index contributed by atoms with van der Waals surface area (Å²) < 4.78 is 18.7. The van der Waals surface area contributed by atoms with E-state index >= 15 is 0 Å². The van der Waals surface area contributed by atoms with Crippen molar-refractivity contribution in [2.45, 2.75) is 18.9 Å². The summed E-state index contributed by atoms with van der Waals surface area (Å²) in [6, 6.07) is 9.69. The van der Waals surface area contributed by atoms with E-state index in [9.17, 15) is 9.18 Å². The normalized spacial score (nSPS) is 25.4. The van der Waals surface area contributed by atoms with Gasteiger partial charge in [0.2, 0.25) is 0 Å². The number of rotatable bonds is 2. The molecule has 2 aliphatic rings. The number of nitrogens with two attached hydrogens (primary N) is 1. The van der Waals surface area contributed by atoms with Crippen molar-refractivity contribution < 1.29 is 13.6 Å². The van der Waals surface area contributed by atoms with Crippen LogP contribution in [0.1, 0.15) is 23.4 Å². The largest absolute Gasteiger partial charge is 0.451 e. The highest BCUT2D eigenvalue weighted by Crippen LogP contribution is 2.37. The lowest BCUT2D eigenvalue weighted by atomic mass is 9.98. The molecule has 3 atom stereocenters. The fourth-order valence-corrected chi connectivity index (χ4v) is 3.85. The Morgan fingerprint density at radius 1 is 1.12 bits per heavy atom. The van der Waals surface area contributed by atoms with Crippen molar-refractivity contribution in [3.63, 3.8) is 0 Å². The van der Waals surface area contributed by atoms with Gasteiger partial charge in [0.15, 0.2) is 5.76 Å². The smallest absolute Gasteiger partial charge is 0.289 e. The third-order valence-electron chi connectivity index (χ3n) is 5.15. The highest BCUT2D eigenvalue weighted by molar-refractivity contribution is 5.92. The maximum absolute atomic E-state index is 13.0. The highest BCUT2D eigenvalue weighted by Gasteiger charge is 2.43. The molecular weight excluding hydrogens is 331 g/mol. The molecule has 1 aliphatic carbocycles. The first-order valence-corrected chi connectivity index (χ1v) is 8.02. The summed E-state index contributed by atoms with van der Waals surface area (Å²) in [5.41, 5.74) is 6.88. The van der Waals surface area contributed by atoms with E-state index in [2.05, 4.69) is 0 Å². The number of hydrogen-bond donors (Lipinski definition) is 1. The second kappa shape index (κ2) is 6.57. The SMILES string of the molecule is Cl.NC1CCC2CN(C(=O)c3ccc(-c4ccc(F)cc4)o3)CC12. The van der Waals surface area contributed by atoms with E-state index in [0.29, 0.717) is 23.4 Å². The Balaban J connectivity index is 0.00000169. The van der Waals surface area contributed by atoms with Crippen molar-refractivity contribution in [3.05, 3.63) is 48.0 Å². The molecule has 4 rings (SSSR count). The lowest BCUT2D eigenvalue weighted by Crippen LogP contribution is -2.33. The van der Waals surface area contributed by atoms with Gasteiger partial charge in [-0.25, -0.2) is 4.39 Å². The molecule has 0 spiro atoms. The second-order valence-electron chi connectivity index (χ2n) is 6.55. The van der Waals surface area contributed by atoms with Crippen molar-refractivity contribution in [1.29, 1.82) is 0 Å². The van der Waals surface area contributed by atoms with Gasteiger partial charge in [-0.15, -0.1) is 12.4 Å².